The van der Waals surface area contributed by atoms with Crippen molar-refractivity contribution in [2.75, 3.05) is 9.80 Å². The topological polar surface area (TPSA) is 32.3 Å². The van der Waals surface area contributed by atoms with Crippen LogP contribution in [0, 0.1) is 0 Å². The molecule has 0 aliphatic carbocycles. The highest BCUT2D eigenvalue weighted by Gasteiger charge is 2.13. The summed E-state index contributed by atoms with van der Waals surface area (Å²) in [5.41, 5.74) is 12.2. The van der Waals surface area contributed by atoms with E-state index in [1.165, 1.54) is 0 Å². The lowest BCUT2D eigenvalue weighted by molar-refractivity contribution is 1.22. The lowest BCUT2D eigenvalue weighted by Crippen LogP contribution is -2.09. The van der Waals surface area contributed by atoms with E-state index in [2.05, 4.69) is 180 Å². The van der Waals surface area contributed by atoms with Gasteiger partial charge < -0.3 is 9.80 Å². The Bertz CT molecular complexity index is 2200. The minimum Gasteiger partial charge on any atom is -0.311 e. The van der Waals surface area contributed by atoms with Crippen LogP contribution in [0.1, 0.15) is 22.5 Å². The molecule has 54 heavy (non-hydrogen) atoms. The van der Waals surface area contributed by atoms with Crippen LogP contribution < -0.4 is 9.80 Å². The number of rotatable bonds is 11. The van der Waals surface area contributed by atoms with Crippen LogP contribution in [0.4, 0.5) is 34.1 Å². The zero-order valence-corrected chi connectivity index (χ0v) is 29.7. The summed E-state index contributed by atoms with van der Waals surface area (Å²) in [5, 5.41) is 0. The van der Waals surface area contributed by atoms with Crippen LogP contribution in [0.25, 0.3) is 35.7 Å². The molecular weight excluding hydrogens is 657 g/mol. The molecule has 2 aromatic heterocycles. The van der Waals surface area contributed by atoms with Crippen LogP contribution in [0.15, 0.2) is 206 Å². The maximum absolute atomic E-state index is 4.93. The number of aromatic nitrogens is 2. The first-order valence-corrected chi connectivity index (χ1v) is 18.1. The fourth-order valence-electron chi connectivity index (χ4n) is 6.41. The van der Waals surface area contributed by atoms with Crippen LogP contribution in [0.3, 0.4) is 0 Å². The second kappa shape index (κ2) is 16.4. The van der Waals surface area contributed by atoms with Gasteiger partial charge in [-0.15, -0.1) is 0 Å². The number of nitrogens with zero attached hydrogens (tertiary/aromatic N) is 4. The molecule has 4 nitrogen and oxygen atoms in total. The van der Waals surface area contributed by atoms with E-state index in [0.717, 1.165) is 68.0 Å². The van der Waals surface area contributed by atoms with Gasteiger partial charge in [-0.1, -0.05) is 121 Å². The Hall–Kier alpha value is -7.30. The fraction of sp³-hybridized carbons (Fsp3) is 0. The maximum atomic E-state index is 4.93. The summed E-state index contributed by atoms with van der Waals surface area (Å²) < 4.78 is 0. The molecule has 0 fully saturated rings. The third kappa shape index (κ3) is 8.09. The van der Waals surface area contributed by atoms with Crippen molar-refractivity contribution in [3.8, 4) is 11.4 Å². The largest absolute Gasteiger partial charge is 0.311 e. The normalized spacial score (nSPS) is 11.2. The zero-order valence-electron chi connectivity index (χ0n) is 29.7. The first kappa shape index (κ1) is 33.8. The Morgan fingerprint density at radius 2 is 0.556 bits per heavy atom. The van der Waals surface area contributed by atoms with Gasteiger partial charge in [-0.05, 0) is 120 Å². The number of hydrogen-bond acceptors (Lipinski definition) is 4. The smallest absolute Gasteiger partial charge is 0.0893 e. The standard InChI is InChI=1S/C50H38N4/c1-5-17-43(18-6-1)53(44-19-7-2-8-20-44)47-35-29-39(30-36-47)27-33-41-15-13-25-49(51-41)50-26-14-16-42(52-50)34-28-40-31-37-48(38-32-40)54(45-21-9-3-10-22-45)46-23-11-4-12-24-46/h1-38H/b33-27+,34-28+. The van der Waals surface area contributed by atoms with E-state index in [-0.39, 0.29) is 0 Å². The Kier molecular flexibility index (Phi) is 10.2. The third-order valence-corrected chi connectivity index (χ3v) is 9.06. The van der Waals surface area contributed by atoms with Gasteiger partial charge in [0.2, 0.25) is 0 Å². The molecule has 0 radical (unpaired) electrons. The average molecular weight is 695 g/mol. The van der Waals surface area contributed by atoms with Crippen LogP contribution >= 0.6 is 0 Å². The monoisotopic (exact) mass is 694 g/mol. The highest BCUT2D eigenvalue weighted by Crippen LogP contribution is 2.35. The molecule has 0 saturated heterocycles. The lowest BCUT2D eigenvalue weighted by atomic mass is 10.1. The molecule has 0 amide bonds. The first-order valence-electron chi connectivity index (χ1n) is 18.1. The van der Waals surface area contributed by atoms with Crippen molar-refractivity contribution in [2.45, 2.75) is 0 Å². The summed E-state index contributed by atoms with van der Waals surface area (Å²) in [6.45, 7) is 0. The van der Waals surface area contributed by atoms with Gasteiger partial charge in [0, 0.05) is 34.1 Å². The van der Waals surface area contributed by atoms with Gasteiger partial charge in [0.25, 0.3) is 0 Å². The number of anilines is 6. The van der Waals surface area contributed by atoms with E-state index < -0.39 is 0 Å². The number of pyridine rings is 2. The molecule has 8 rings (SSSR count). The predicted octanol–water partition coefficient (Wildman–Crippen LogP) is 13.4. The van der Waals surface area contributed by atoms with Crippen LogP contribution in [0.2, 0.25) is 0 Å². The summed E-state index contributed by atoms with van der Waals surface area (Å²) in [5.74, 6) is 0. The summed E-state index contributed by atoms with van der Waals surface area (Å²) in [4.78, 5) is 14.4. The van der Waals surface area contributed by atoms with Crippen molar-refractivity contribution in [2.24, 2.45) is 0 Å². The molecule has 0 aliphatic rings. The fourth-order valence-corrected chi connectivity index (χ4v) is 6.41. The second-order valence-corrected chi connectivity index (χ2v) is 12.8. The summed E-state index contributed by atoms with van der Waals surface area (Å²) in [6.07, 6.45) is 8.30. The number of hydrogen-bond donors (Lipinski definition) is 0. The van der Waals surface area contributed by atoms with E-state index in [9.17, 15) is 0 Å². The highest BCUT2D eigenvalue weighted by atomic mass is 15.1. The Balaban J connectivity index is 0.962. The van der Waals surface area contributed by atoms with Gasteiger partial charge in [0.05, 0.1) is 22.8 Å². The molecule has 0 aliphatic heterocycles. The summed E-state index contributed by atoms with van der Waals surface area (Å²) >= 11 is 0. The van der Waals surface area contributed by atoms with E-state index in [1.807, 2.05) is 60.7 Å². The predicted molar refractivity (Wildman–Crippen MR) is 228 cm³/mol. The van der Waals surface area contributed by atoms with Crippen molar-refractivity contribution in [1.29, 1.82) is 0 Å². The van der Waals surface area contributed by atoms with Crippen molar-refractivity contribution in [1.82, 2.24) is 9.97 Å². The minimum atomic E-state index is 0.829. The molecule has 0 bridgehead atoms. The second-order valence-electron chi connectivity index (χ2n) is 12.8. The molecule has 0 atom stereocenters. The molecule has 0 saturated carbocycles. The third-order valence-electron chi connectivity index (χ3n) is 9.06. The lowest BCUT2D eigenvalue weighted by Gasteiger charge is -2.25. The van der Waals surface area contributed by atoms with Gasteiger partial charge in [-0.3, -0.25) is 0 Å². The first-order chi connectivity index (χ1) is 26.8. The Morgan fingerprint density at radius 1 is 0.259 bits per heavy atom. The number of para-hydroxylation sites is 4. The molecule has 0 unspecified atom stereocenters. The van der Waals surface area contributed by atoms with E-state index in [1.54, 1.807) is 0 Å². The highest BCUT2D eigenvalue weighted by molar-refractivity contribution is 5.79. The molecule has 2 heterocycles. The van der Waals surface area contributed by atoms with Gasteiger partial charge >= 0.3 is 0 Å². The molecular formula is C50H38N4. The SMILES string of the molecule is C(=C\c1cccc(-c2cccc(/C=C/c3ccc(N(c4ccccc4)c4ccccc4)cc3)n2)n1)/c1ccc(N(c2ccccc2)c2ccccc2)cc1. The van der Waals surface area contributed by atoms with Crippen molar-refractivity contribution < 1.29 is 0 Å². The van der Waals surface area contributed by atoms with E-state index in [4.69, 9.17) is 9.97 Å². The van der Waals surface area contributed by atoms with Crippen molar-refractivity contribution in [3.05, 3.63) is 229 Å². The van der Waals surface area contributed by atoms with Crippen molar-refractivity contribution >= 4 is 58.4 Å². The Morgan fingerprint density at radius 3 is 0.870 bits per heavy atom. The van der Waals surface area contributed by atoms with Gasteiger partial charge in [-0.25, -0.2) is 9.97 Å². The Labute approximate surface area is 317 Å². The maximum Gasteiger partial charge on any atom is 0.0893 e. The quantitative estimate of drug-likeness (QED) is 0.135. The molecule has 8 aromatic rings. The molecule has 258 valence electrons. The van der Waals surface area contributed by atoms with Crippen LogP contribution in [-0.4, -0.2) is 9.97 Å². The average Bonchev–Trinajstić information content (AvgIpc) is 3.25. The molecule has 4 heteroatoms. The molecule has 0 N–H and O–H groups in total. The van der Waals surface area contributed by atoms with Crippen LogP contribution in [-0.2, 0) is 0 Å². The molecule has 6 aromatic carbocycles. The summed E-state index contributed by atoms with van der Waals surface area (Å²) in [7, 11) is 0. The minimum absolute atomic E-state index is 0.829. The van der Waals surface area contributed by atoms with Gasteiger partial charge in [0.1, 0.15) is 0 Å². The van der Waals surface area contributed by atoms with Gasteiger partial charge in [-0.2, -0.15) is 0 Å². The molecule has 0 spiro atoms. The number of benzene rings is 6. The van der Waals surface area contributed by atoms with Gasteiger partial charge in [0.15, 0.2) is 0 Å². The van der Waals surface area contributed by atoms with E-state index in [0.29, 0.717) is 0 Å². The zero-order chi connectivity index (χ0) is 36.4. The van der Waals surface area contributed by atoms with Crippen LogP contribution in [0.5, 0.6) is 0 Å². The summed E-state index contributed by atoms with van der Waals surface area (Å²) in [6, 6.07) is 71.1. The van der Waals surface area contributed by atoms with Crippen molar-refractivity contribution in [3.63, 3.8) is 0 Å². The van der Waals surface area contributed by atoms with E-state index >= 15 is 0 Å².